The first kappa shape index (κ1) is 14.8. The fourth-order valence-corrected chi connectivity index (χ4v) is 2.39. The SMILES string of the molecule is CCCc1c(CNCC)cnn1Cc1ccc(C)cc1. The van der Waals surface area contributed by atoms with Gasteiger partial charge in [-0.3, -0.25) is 4.68 Å². The van der Waals surface area contributed by atoms with E-state index >= 15 is 0 Å². The van der Waals surface area contributed by atoms with Crippen molar-refractivity contribution in [3.05, 3.63) is 52.8 Å². The second-order valence-corrected chi connectivity index (χ2v) is 5.29. The molecule has 3 nitrogen and oxygen atoms in total. The third-order valence-electron chi connectivity index (χ3n) is 3.54. The Bertz CT molecular complexity index is 526. The summed E-state index contributed by atoms with van der Waals surface area (Å²) in [6, 6.07) is 8.71. The van der Waals surface area contributed by atoms with Crippen molar-refractivity contribution in [1.29, 1.82) is 0 Å². The Morgan fingerprint density at radius 1 is 1.15 bits per heavy atom. The molecule has 1 aromatic carbocycles. The third kappa shape index (κ3) is 3.70. The maximum atomic E-state index is 4.58. The molecular formula is C17H25N3. The van der Waals surface area contributed by atoms with Gasteiger partial charge in [0.25, 0.3) is 0 Å². The molecule has 0 saturated heterocycles. The number of aryl methyl sites for hydroxylation is 1. The van der Waals surface area contributed by atoms with Gasteiger partial charge in [0.15, 0.2) is 0 Å². The number of rotatable bonds is 7. The fourth-order valence-electron chi connectivity index (χ4n) is 2.39. The van der Waals surface area contributed by atoms with Crippen molar-refractivity contribution in [2.45, 2.75) is 46.7 Å². The lowest BCUT2D eigenvalue weighted by molar-refractivity contribution is 0.629. The molecule has 1 aromatic heterocycles. The Hall–Kier alpha value is -1.61. The Kier molecular flexibility index (Phi) is 5.36. The normalized spacial score (nSPS) is 10.9. The van der Waals surface area contributed by atoms with Gasteiger partial charge in [-0.15, -0.1) is 0 Å². The zero-order valence-electron chi connectivity index (χ0n) is 12.8. The van der Waals surface area contributed by atoms with E-state index in [1.165, 1.54) is 22.4 Å². The number of nitrogens with zero attached hydrogens (tertiary/aromatic N) is 2. The fraction of sp³-hybridized carbons (Fsp3) is 0.471. The summed E-state index contributed by atoms with van der Waals surface area (Å²) in [5.41, 5.74) is 5.32. The second kappa shape index (κ2) is 7.25. The van der Waals surface area contributed by atoms with Gasteiger partial charge in [0, 0.05) is 17.8 Å². The van der Waals surface area contributed by atoms with Crippen LogP contribution in [-0.2, 0) is 19.5 Å². The molecule has 0 aliphatic carbocycles. The Balaban J connectivity index is 2.17. The molecule has 2 rings (SSSR count). The average molecular weight is 271 g/mol. The number of aromatic nitrogens is 2. The van der Waals surface area contributed by atoms with Gasteiger partial charge in [0.05, 0.1) is 12.7 Å². The van der Waals surface area contributed by atoms with E-state index in [4.69, 9.17) is 0 Å². The topological polar surface area (TPSA) is 29.9 Å². The highest BCUT2D eigenvalue weighted by Gasteiger charge is 2.10. The van der Waals surface area contributed by atoms with Gasteiger partial charge in [-0.1, -0.05) is 50.1 Å². The van der Waals surface area contributed by atoms with E-state index in [2.05, 4.69) is 60.1 Å². The zero-order valence-corrected chi connectivity index (χ0v) is 12.8. The second-order valence-electron chi connectivity index (χ2n) is 5.29. The van der Waals surface area contributed by atoms with E-state index in [0.717, 1.165) is 32.5 Å². The van der Waals surface area contributed by atoms with E-state index in [9.17, 15) is 0 Å². The summed E-state index contributed by atoms with van der Waals surface area (Å²) in [5.74, 6) is 0. The van der Waals surface area contributed by atoms with Crippen LogP contribution in [0.15, 0.2) is 30.5 Å². The first-order chi connectivity index (χ1) is 9.74. The van der Waals surface area contributed by atoms with Crippen molar-refractivity contribution in [3.8, 4) is 0 Å². The van der Waals surface area contributed by atoms with Crippen molar-refractivity contribution < 1.29 is 0 Å². The molecule has 0 radical (unpaired) electrons. The molecule has 3 heteroatoms. The highest BCUT2D eigenvalue weighted by molar-refractivity contribution is 5.24. The molecule has 0 bridgehead atoms. The molecule has 0 aliphatic heterocycles. The van der Waals surface area contributed by atoms with Crippen LogP contribution in [0.5, 0.6) is 0 Å². The third-order valence-corrected chi connectivity index (χ3v) is 3.54. The minimum absolute atomic E-state index is 0.863. The van der Waals surface area contributed by atoms with Gasteiger partial charge in [0.1, 0.15) is 0 Å². The smallest absolute Gasteiger partial charge is 0.0662 e. The zero-order chi connectivity index (χ0) is 14.4. The minimum Gasteiger partial charge on any atom is -0.313 e. The highest BCUT2D eigenvalue weighted by Crippen LogP contribution is 2.14. The van der Waals surface area contributed by atoms with Crippen LogP contribution in [0.25, 0.3) is 0 Å². The molecule has 0 unspecified atom stereocenters. The van der Waals surface area contributed by atoms with E-state index in [-0.39, 0.29) is 0 Å². The lowest BCUT2D eigenvalue weighted by atomic mass is 10.1. The Labute approximate surface area is 122 Å². The summed E-state index contributed by atoms with van der Waals surface area (Å²) in [6.45, 7) is 9.25. The van der Waals surface area contributed by atoms with Gasteiger partial charge in [-0.25, -0.2) is 0 Å². The van der Waals surface area contributed by atoms with Gasteiger partial charge >= 0.3 is 0 Å². The average Bonchev–Trinajstić information content (AvgIpc) is 2.82. The van der Waals surface area contributed by atoms with E-state index < -0.39 is 0 Å². The number of nitrogens with one attached hydrogen (secondary N) is 1. The van der Waals surface area contributed by atoms with Crippen LogP contribution in [-0.4, -0.2) is 16.3 Å². The maximum absolute atomic E-state index is 4.58. The van der Waals surface area contributed by atoms with Gasteiger partial charge in [-0.2, -0.15) is 5.10 Å². The molecule has 0 atom stereocenters. The molecule has 1 heterocycles. The summed E-state index contributed by atoms with van der Waals surface area (Å²) in [6.07, 6.45) is 4.26. The Morgan fingerprint density at radius 2 is 1.90 bits per heavy atom. The van der Waals surface area contributed by atoms with Crippen molar-refractivity contribution in [3.63, 3.8) is 0 Å². The minimum atomic E-state index is 0.863. The van der Waals surface area contributed by atoms with E-state index in [0.29, 0.717) is 0 Å². The number of benzene rings is 1. The van der Waals surface area contributed by atoms with Crippen LogP contribution < -0.4 is 5.32 Å². The van der Waals surface area contributed by atoms with Crippen LogP contribution in [0.4, 0.5) is 0 Å². The van der Waals surface area contributed by atoms with Crippen LogP contribution >= 0.6 is 0 Å². The van der Waals surface area contributed by atoms with E-state index in [1.54, 1.807) is 0 Å². The molecule has 20 heavy (non-hydrogen) atoms. The molecular weight excluding hydrogens is 246 g/mol. The molecule has 1 N–H and O–H groups in total. The lowest BCUT2D eigenvalue weighted by Gasteiger charge is -2.10. The summed E-state index contributed by atoms with van der Waals surface area (Å²) < 4.78 is 2.15. The van der Waals surface area contributed by atoms with Gasteiger partial charge in [0.2, 0.25) is 0 Å². The lowest BCUT2D eigenvalue weighted by Crippen LogP contribution is -2.14. The maximum Gasteiger partial charge on any atom is 0.0662 e. The molecule has 0 spiro atoms. The van der Waals surface area contributed by atoms with E-state index in [1.807, 2.05) is 6.20 Å². The van der Waals surface area contributed by atoms with Gasteiger partial charge in [-0.05, 0) is 25.5 Å². The predicted molar refractivity (Wildman–Crippen MR) is 83.9 cm³/mol. The van der Waals surface area contributed by atoms with Crippen molar-refractivity contribution >= 4 is 0 Å². The van der Waals surface area contributed by atoms with Crippen molar-refractivity contribution in [2.24, 2.45) is 0 Å². The first-order valence-electron chi connectivity index (χ1n) is 7.54. The van der Waals surface area contributed by atoms with Crippen LogP contribution in [0.1, 0.15) is 42.7 Å². The summed E-state index contributed by atoms with van der Waals surface area (Å²) in [5, 5.41) is 7.98. The van der Waals surface area contributed by atoms with Gasteiger partial charge < -0.3 is 5.32 Å². The van der Waals surface area contributed by atoms with Crippen LogP contribution in [0.3, 0.4) is 0 Å². The molecule has 108 valence electrons. The standard InChI is InChI=1S/C17H25N3/c1-4-6-17-16(11-18-5-2)12-19-20(17)13-15-9-7-14(3)8-10-15/h7-10,12,18H,4-6,11,13H2,1-3H3. The number of hydrogen-bond acceptors (Lipinski definition) is 2. The van der Waals surface area contributed by atoms with Crippen molar-refractivity contribution in [2.75, 3.05) is 6.54 Å². The molecule has 2 aromatic rings. The summed E-state index contributed by atoms with van der Waals surface area (Å²) in [7, 11) is 0. The summed E-state index contributed by atoms with van der Waals surface area (Å²) in [4.78, 5) is 0. The highest BCUT2D eigenvalue weighted by atomic mass is 15.3. The van der Waals surface area contributed by atoms with Crippen molar-refractivity contribution in [1.82, 2.24) is 15.1 Å². The monoisotopic (exact) mass is 271 g/mol. The number of hydrogen-bond donors (Lipinski definition) is 1. The molecule has 0 amide bonds. The molecule has 0 fully saturated rings. The Morgan fingerprint density at radius 3 is 2.55 bits per heavy atom. The molecule has 0 saturated carbocycles. The molecule has 0 aliphatic rings. The largest absolute Gasteiger partial charge is 0.313 e. The van der Waals surface area contributed by atoms with Crippen LogP contribution in [0.2, 0.25) is 0 Å². The van der Waals surface area contributed by atoms with Crippen LogP contribution in [0, 0.1) is 6.92 Å². The first-order valence-corrected chi connectivity index (χ1v) is 7.54. The quantitative estimate of drug-likeness (QED) is 0.837. The summed E-state index contributed by atoms with van der Waals surface area (Å²) >= 11 is 0. The predicted octanol–water partition coefficient (Wildman–Crippen LogP) is 3.30.